The Bertz CT molecular complexity index is 334. The van der Waals surface area contributed by atoms with E-state index in [0.717, 1.165) is 18.6 Å². The maximum Gasteiger partial charge on any atom is 0.119 e. The lowest BCUT2D eigenvalue weighted by molar-refractivity contribution is 0.206. The molecule has 1 unspecified atom stereocenters. The zero-order valence-corrected chi connectivity index (χ0v) is 12.7. The molecule has 0 amide bonds. The third-order valence-corrected chi connectivity index (χ3v) is 3.55. The van der Waals surface area contributed by atoms with Crippen molar-refractivity contribution in [2.45, 2.75) is 71.4 Å². The molecule has 1 aromatic carbocycles. The molecule has 1 aromatic rings. The third-order valence-electron chi connectivity index (χ3n) is 3.55. The Hall–Kier alpha value is -1.02. The monoisotopic (exact) mass is 263 g/mol. The summed E-state index contributed by atoms with van der Waals surface area (Å²) in [6.07, 6.45) is 7.58. The van der Waals surface area contributed by atoms with Gasteiger partial charge in [0.1, 0.15) is 5.75 Å². The maximum absolute atomic E-state index is 6.00. The minimum atomic E-state index is 0.139. The predicted molar refractivity (Wildman–Crippen MR) is 82.5 cm³/mol. The van der Waals surface area contributed by atoms with Crippen LogP contribution in [0, 0.1) is 0 Å². The second kappa shape index (κ2) is 8.98. The average Bonchev–Trinajstić information content (AvgIpc) is 2.43. The lowest BCUT2D eigenvalue weighted by Crippen LogP contribution is -2.12. The fraction of sp³-hybridized carbons (Fsp3) is 0.647. The molecule has 0 aliphatic rings. The first-order valence-corrected chi connectivity index (χ1v) is 7.69. The van der Waals surface area contributed by atoms with E-state index in [-0.39, 0.29) is 6.04 Å². The Labute approximate surface area is 118 Å². The second-order valence-corrected chi connectivity index (χ2v) is 5.36. The van der Waals surface area contributed by atoms with Gasteiger partial charge in [-0.05, 0) is 43.9 Å². The standard InChI is InChI=1S/C17H29NO/c1-4-6-7-8-9-14(3)19-16-12-10-15(11-13-16)17(18)5-2/h10-14,17H,4-9,18H2,1-3H3/t14?,17-/m1/s1. The van der Waals surface area contributed by atoms with Crippen molar-refractivity contribution < 1.29 is 4.74 Å². The number of unbranched alkanes of at least 4 members (excludes halogenated alkanes) is 3. The van der Waals surface area contributed by atoms with Gasteiger partial charge >= 0.3 is 0 Å². The van der Waals surface area contributed by atoms with Crippen molar-refractivity contribution in [1.29, 1.82) is 0 Å². The van der Waals surface area contributed by atoms with Gasteiger partial charge in [0.15, 0.2) is 0 Å². The van der Waals surface area contributed by atoms with E-state index < -0.39 is 0 Å². The van der Waals surface area contributed by atoms with Gasteiger partial charge in [0, 0.05) is 6.04 Å². The summed E-state index contributed by atoms with van der Waals surface area (Å²) in [5.41, 5.74) is 7.18. The number of nitrogens with two attached hydrogens (primary N) is 1. The number of ether oxygens (including phenoxy) is 1. The molecule has 108 valence electrons. The number of hydrogen-bond donors (Lipinski definition) is 1. The molecule has 0 fully saturated rings. The summed E-state index contributed by atoms with van der Waals surface area (Å²) < 4.78 is 5.92. The largest absolute Gasteiger partial charge is 0.491 e. The molecule has 0 aliphatic carbocycles. The van der Waals surface area contributed by atoms with Gasteiger partial charge in [0.25, 0.3) is 0 Å². The van der Waals surface area contributed by atoms with Gasteiger partial charge in [-0.25, -0.2) is 0 Å². The highest BCUT2D eigenvalue weighted by Crippen LogP contribution is 2.20. The van der Waals surface area contributed by atoms with E-state index in [4.69, 9.17) is 10.5 Å². The van der Waals surface area contributed by atoms with Crippen molar-refractivity contribution in [3.63, 3.8) is 0 Å². The molecule has 2 N–H and O–H groups in total. The molecule has 0 saturated heterocycles. The van der Waals surface area contributed by atoms with Crippen molar-refractivity contribution in [1.82, 2.24) is 0 Å². The van der Waals surface area contributed by atoms with Crippen LogP contribution in [0.2, 0.25) is 0 Å². The van der Waals surface area contributed by atoms with Crippen LogP contribution in [0.25, 0.3) is 0 Å². The summed E-state index contributed by atoms with van der Waals surface area (Å²) in [6, 6.07) is 8.36. The second-order valence-electron chi connectivity index (χ2n) is 5.36. The van der Waals surface area contributed by atoms with E-state index in [1.807, 2.05) is 12.1 Å². The first kappa shape index (κ1) is 16.0. The first-order chi connectivity index (χ1) is 9.17. The Morgan fingerprint density at radius 3 is 2.32 bits per heavy atom. The average molecular weight is 263 g/mol. The summed E-state index contributed by atoms with van der Waals surface area (Å²) in [5, 5.41) is 0. The van der Waals surface area contributed by atoms with Crippen LogP contribution in [-0.2, 0) is 0 Å². The number of benzene rings is 1. The smallest absolute Gasteiger partial charge is 0.119 e. The highest BCUT2D eigenvalue weighted by Gasteiger charge is 2.06. The fourth-order valence-corrected chi connectivity index (χ4v) is 2.18. The molecule has 0 aromatic heterocycles. The van der Waals surface area contributed by atoms with Crippen molar-refractivity contribution in [2.24, 2.45) is 5.73 Å². The SMILES string of the molecule is CCCCCCC(C)Oc1ccc([C@H](N)CC)cc1. The lowest BCUT2D eigenvalue weighted by Gasteiger charge is -2.16. The van der Waals surface area contributed by atoms with Gasteiger partial charge in [-0.1, -0.05) is 45.2 Å². The Morgan fingerprint density at radius 1 is 1.05 bits per heavy atom. The van der Waals surface area contributed by atoms with Crippen LogP contribution in [0.1, 0.15) is 70.9 Å². The van der Waals surface area contributed by atoms with E-state index in [1.165, 1.54) is 31.2 Å². The highest BCUT2D eigenvalue weighted by atomic mass is 16.5. The lowest BCUT2D eigenvalue weighted by atomic mass is 10.1. The van der Waals surface area contributed by atoms with Crippen molar-refractivity contribution >= 4 is 0 Å². The molecule has 0 radical (unpaired) electrons. The third kappa shape index (κ3) is 6.11. The molecule has 0 heterocycles. The molecule has 2 nitrogen and oxygen atoms in total. The van der Waals surface area contributed by atoms with Crippen LogP contribution in [0.3, 0.4) is 0 Å². The minimum Gasteiger partial charge on any atom is -0.491 e. The summed E-state index contributed by atoms with van der Waals surface area (Å²) in [7, 11) is 0. The van der Waals surface area contributed by atoms with Crippen molar-refractivity contribution in [3.05, 3.63) is 29.8 Å². The Kier molecular flexibility index (Phi) is 7.57. The molecular formula is C17H29NO. The van der Waals surface area contributed by atoms with E-state index >= 15 is 0 Å². The van der Waals surface area contributed by atoms with E-state index in [1.54, 1.807) is 0 Å². The molecule has 0 aliphatic heterocycles. The summed E-state index contributed by atoms with van der Waals surface area (Å²) in [6.45, 7) is 6.49. The maximum atomic E-state index is 6.00. The molecule has 2 heteroatoms. The fourth-order valence-electron chi connectivity index (χ4n) is 2.18. The molecule has 0 bridgehead atoms. The molecule has 0 spiro atoms. The van der Waals surface area contributed by atoms with Crippen LogP contribution in [0.15, 0.2) is 24.3 Å². The van der Waals surface area contributed by atoms with Gasteiger partial charge in [0.05, 0.1) is 6.10 Å². The van der Waals surface area contributed by atoms with Gasteiger partial charge < -0.3 is 10.5 Å². The summed E-state index contributed by atoms with van der Waals surface area (Å²) in [4.78, 5) is 0. The van der Waals surface area contributed by atoms with Crippen LogP contribution >= 0.6 is 0 Å². The molecule has 0 saturated carbocycles. The normalized spacial score (nSPS) is 14.1. The minimum absolute atomic E-state index is 0.139. The summed E-state index contributed by atoms with van der Waals surface area (Å²) in [5.74, 6) is 0.954. The quantitative estimate of drug-likeness (QED) is 0.647. The van der Waals surface area contributed by atoms with E-state index in [0.29, 0.717) is 6.10 Å². The van der Waals surface area contributed by atoms with Crippen LogP contribution in [0.4, 0.5) is 0 Å². The van der Waals surface area contributed by atoms with Crippen molar-refractivity contribution in [2.75, 3.05) is 0 Å². The Balaban J connectivity index is 2.36. The molecule has 1 rings (SSSR count). The van der Waals surface area contributed by atoms with E-state index in [2.05, 4.69) is 32.9 Å². The molecular weight excluding hydrogens is 234 g/mol. The van der Waals surface area contributed by atoms with Crippen LogP contribution in [-0.4, -0.2) is 6.10 Å². The first-order valence-electron chi connectivity index (χ1n) is 7.69. The van der Waals surface area contributed by atoms with Gasteiger partial charge in [-0.2, -0.15) is 0 Å². The topological polar surface area (TPSA) is 35.2 Å². The van der Waals surface area contributed by atoms with Gasteiger partial charge in [-0.15, -0.1) is 0 Å². The predicted octanol–water partition coefficient (Wildman–Crippen LogP) is 4.83. The number of hydrogen-bond acceptors (Lipinski definition) is 2. The molecule has 19 heavy (non-hydrogen) atoms. The molecule has 2 atom stereocenters. The summed E-state index contributed by atoms with van der Waals surface area (Å²) >= 11 is 0. The zero-order valence-electron chi connectivity index (χ0n) is 12.7. The number of rotatable bonds is 9. The van der Waals surface area contributed by atoms with Gasteiger partial charge in [-0.3, -0.25) is 0 Å². The van der Waals surface area contributed by atoms with Crippen LogP contribution < -0.4 is 10.5 Å². The van der Waals surface area contributed by atoms with Crippen LogP contribution in [0.5, 0.6) is 5.75 Å². The van der Waals surface area contributed by atoms with Gasteiger partial charge in [0.2, 0.25) is 0 Å². The van der Waals surface area contributed by atoms with E-state index in [9.17, 15) is 0 Å². The van der Waals surface area contributed by atoms with Crippen molar-refractivity contribution in [3.8, 4) is 5.75 Å². The zero-order chi connectivity index (χ0) is 14.1. The Morgan fingerprint density at radius 2 is 1.74 bits per heavy atom. The highest BCUT2D eigenvalue weighted by molar-refractivity contribution is 5.29.